The molecule has 1 heterocycles. The van der Waals surface area contributed by atoms with Gasteiger partial charge in [0.15, 0.2) is 0 Å². The minimum absolute atomic E-state index is 0.485. The lowest BCUT2D eigenvalue weighted by Gasteiger charge is -2.29. The normalized spacial score (nSPS) is 24.6. The fraction of sp³-hybridized carbons (Fsp3) is 0.778. The van der Waals surface area contributed by atoms with Gasteiger partial charge in [-0.05, 0) is 55.6 Å². The number of hydrogen-bond acceptors (Lipinski definition) is 2. The van der Waals surface area contributed by atoms with Crippen LogP contribution in [0.5, 0.6) is 0 Å². The van der Waals surface area contributed by atoms with Crippen molar-refractivity contribution >= 4 is 11.3 Å². The summed E-state index contributed by atoms with van der Waals surface area (Å²) in [7, 11) is 0. The summed E-state index contributed by atoms with van der Waals surface area (Å²) in [6.45, 7) is 10.5. The van der Waals surface area contributed by atoms with Gasteiger partial charge >= 0.3 is 0 Å². The molecule has 0 bridgehead atoms. The lowest BCUT2D eigenvalue weighted by molar-refractivity contribution is 0.213. The SMILES string of the molecule is CCc1ccc(CNC2CCCC(C(C)(C)C)CC2)s1. The molecule has 114 valence electrons. The molecule has 0 aromatic carbocycles. The van der Waals surface area contributed by atoms with Gasteiger partial charge < -0.3 is 5.32 Å². The topological polar surface area (TPSA) is 12.0 Å². The van der Waals surface area contributed by atoms with Crippen molar-refractivity contribution in [2.75, 3.05) is 0 Å². The van der Waals surface area contributed by atoms with Crippen molar-refractivity contribution in [2.24, 2.45) is 11.3 Å². The molecule has 1 saturated carbocycles. The Bertz CT molecular complexity index is 402. The first-order chi connectivity index (χ1) is 9.49. The molecule has 1 aromatic rings. The zero-order valence-electron chi connectivity index (χ0n) is 13.7. The van der Waals surface area contributed by atoms with E-state index >= 15 is 0 Å². The highest BCUT2D eigenvalue weighted by Crippen LogP contribution is 2.36. The monoisotopic (exact) mass is 293 g/mol. The predicted molar refractivity (Wildman–Crippen MR) is 90.4 cm³/mol. The fourth-order valence-electron chi connectivity index (χ4n) is 3.32. The Balaban J connectivity index is 1.79. The largest absolute Gasteiger partial charge is 0.309 e. The smallest absolute Gasteiger partial charge is 0.0302 e. The van der Waals surface area contributed by atoms with Crippen LogP contribution in [0.4, 0.5) is 0 Å². The van der Waals surface area contributed by atoms with Gasteiger partial charge in [0.1, 0.15) is 0 Å². The molecule has 2 unspecified atom stereocenters. The van der Waals surface area contributed by atoms with E-state index in [2.05, 4.69) is 45.1 Å². The molecule has 0 saturated heterocycles. The highest BCUT2D eigenvalue weighted by atomic mass is 32.1. The number of hydrogen-bond donors (Lipinski definition) is 1. The Hall–Kier alpha value is -0.340. The minimum atomic E-state index is 0.485. The van der Waals surface area contributed by atoms with E-state index in [9.17, 15) is 0 Å². The maximum atomic E-state index is 3.80. The second-order valence-corrected chi connectivity index (χ2v) is 8.62. The Morgan fingerprint density at radius 1 is 1.10 bits per heavy atom. The van der Waals surface area contributed by atoms with Crippen LogP contribution in [0.1, 0.15) is 69.6 Å². The third-order valence-electron chi connectivity index (χ3n) is 4.82. The Morgan fingerprint density at radius 3 is 2.50 bits per heavy atom. The molecule has 1 nitrogen and oxygen atoms in total. The average Bonchev–Trinajstić information content (AvgIpc) is 2.71. The first-order valence-electron chi connectivity index (χ1n) is 8.30. The highest BCUT2D eigenvalue weighted by Gasteiger charge is 2.27. The first kappa shape index (κ1) is 16.0. The van der Waals surface area contributed by atoms with E-state index in [1.54, 1.807) is 0 Å². The molecule has 1 aliphatic rings. The molecule has 0 aliphatic heterocycles. The molecule has 1 aliphatic carbocycles. The zero-order chi connectivity index (χ0) is 14.6. The number of rotatable bonds is 4. The zero-order valence-corrected chi connectivity index (χ0v) is 14.5. The molecule has 1 aromatic heterocycles. The van der Waals surface area contributed by atoms with Gasteiger partial charge in [0.05, 0.1) is 0 Å². The molecule has 2 rings (SSSR count). The summed E-state index contributed by atoms with van der Waals surface area (Å²) in [6.07, 6.45) is 8.09. The third-order valence-corrected chi connectivity index (χ3v) is 6.05. The van der Waals surface area contributed by atoms with E-state index in [-0.39, 0.29) is 0 Å². The van der Waals surface area contributed by atoms with Crippen LogP contribution in [0.15, 0.2) is 12.1 Å². The van der Waals surface area contributed by atoms with Crippen LogP contribution in [-0.2, 0) is 13.0 Å². The summed E-state index contributed by atoms with van der Waals surface area (Å²) in [5.74, 6) is 0.905. The minimum Gasteiger partial charge on any atom is -0.309 e. The molecule has 2 heteroatoms. The second kappa shape index (κ2) is 7.09. The quantitative estimate of drug-likeness (QED) is 0.733. The van der Waals surface area contributed by atoms with E-state index in [4.69, 9.17) is 0 Å². The molecule has 1 N–H and O–H groups in total. The van der Waals surface area contributed by atoms with Crippen LogP contribution in [-0.4, -0.2) is 6.04 Å². The van der Waals surface area contributed by atoms with Gasteiger partial charge in [-0.25, -0.2) is 0 Å². The molecule has 20 heavy (non-hydrogen) atoms. The van der Waals surface area contributed by atoms with Crippen molar-refractivity contribution in [3.05, 3.63) is 21.9 Å². The van der Waals surface area contributed by atoms with Crippen LogP contribution in [0.2, 0.25) is 0 Å². The van der Waals surface area contributed by atoms with Gasteiger partial charge in [-0.1, -0.05) is 34.1 Å². The first-order valence-corrected chi connectivity index (χ1v) is 9.11. The Morgan fingerprint density at radius 2 is 1.85 bits per heavy atom. The number of nitrogens with one attached hydrogen (secondary N) is 1. The second-order valence-electron chi connectivity index (χ2n) is 7.37. The van der Waals surface area contributed by atoms with Crippen LogP contribution in [0.3, 0.4) is 0 Å². The summed E-state index contributed by atoms with van der Waals surface area (Å²) in [5.41, 5.74) is 0.485. The van der Waals surface area contributed by atoms with Crippen LogP contribution in [0, 0.1) is 11.3 Å². The molecular weight excluding hydrogens is 262 g/mol. The molecular formula is C18H31NS. The van der Waals surface area contributed by atoms with E-state index in [0.29, 0.717) is 5.41 Å². The molecule has 0 spiro atoms. The number of aryl methyl sites for hydroxylation is 1. The van der Waals surface area contributed by atoms with Crippen LogP contribution < -0.4 is 5.32 Å². The molecule has 0 amide bonds. The Labute approximate surface area is 129 Å². The summed E-state index contributed by atoms with van der Waals surface area (Å²) < 4.78 is 0. The van der Waals surface area contributed by atoms with Crippen molar-refractivity contribution in [2.45, 2.75) is 78.8 Å². The number of thiophene rings is 1. The highest BCUT2D eigenvalue weighted by molar-refractivity contribution is 7.11. The van der Waals surface area contributed by atoms with Gasteiger partial charge in [-0.3, -0.25) is 0 Å². The summed E-state index contributed by atoms with van der Waals surface area (Å²) in [5, 5.41) is 3.80. The van der Waals surface area contributed by atoms with E-state index < -0.39 is 0 Å². The third kappa shape index (κ3) is 4.60. The van der Waals surface area contributed by atoms with E-state index in [1.807, 2.05) is 11.3 Å². The summed E-state index contributed by atoms with van der Waals surface area (Å²) >= 11 is 1.97. The predicted octanol–water partition coefficient (Wildman–Crippen LogP) is 5.40. The maximum Gasteiger partial charge on any atom is 0.0302 e. The van der Waals surface area contributed by atoms with Crippen molar-refractivity contribution < 1.29 is 0 Å². The average molecular weight is 294 g/mol. The Kier molecular flexibility index (Phi) is 5.68. The maximum absolute atomic E-state index is 3.80. The van der Waals surface area contributed by atoms with Crippen molar-refractivity contribution in [3.63, 3.8) is 0 Å². The molecule has 1 fully saturated rings. The molecule has 2 atom stereocenters. The van der Waals surface area contributed by atoms with Crippen LogP contribution >= 0.6 is 11.3 Å². The standard InChI is InChI=1S/C18H31NS/c1-5-16-11-12-17(20-16)13-19-15-8-6-7-14(9-10-15)18(2,3)4/h11-12,14-15,19H,5-10,13H2,1-4H3. The molecule has 0 radical (unpaired) electrons. The van der Waals surface area contributed by atoms with Crippen molar-refractivity contribution in [1.82, 2.24) is 5.32 Å². The fourth-order valence-corrected chi connectivity index (χ4v) is 4.23. The summed E-state index contributed by atoms with van der Waals surface area (Å²) in [4.78, 5) is 3.01. The van der Waals surface area contributed by atoms with Gasteiger partial charge in [0.2, 0.25) is 0 Å². The van der Waals surface area contributed by atoms with Crippen molar-refractivity contribution in [3.8, 4) is 0 Å². The van der Waals surface area contributed by atoms with Crippen molar-refractivity contribution in [1.29, 1.82) is 0 Å². The van der Waals surface area contributed by atoms with E-state index in [1.165, 1.54) is 48.3 Å². The van der Waals surface area contributed by atoms with Crippen LogP contribution in [0.25, 0.3) is 0 Å². The van der Waals surface area contributed by atoms with Gasteiger partial charge in [0, 0.05) is 22.3 Å². The van der Waals surface area contributed by atoms with Gasteiger partial charge in [-0.2, -0.15) is 0 Å². The van der Waals surface area contributed by atoms with Gasteiger partial charge in [0.25, 0.3) is 0 Å². The lowest BCUT2D eigenvalue weighted by atomic mass is 9.76. The van der Waals surface area contributed by atoms with Gasteiger partial charge in [-0.15, -0.1) is 11.3 Å². The lowest BCUT2D eigenvalue weighted by Crippen LogP contribution is -2.28. The summed E-state index contributed by atoms with van der Waals surface area (Å²) in [6, 6.07) is 5.31. The van der Waals surface area contributed by atoms with E-state index in [0.717, 1.165) is 18.5 Å².